The van der Waals surface area contributed by atoms with Gasteiger partial charge in [0.05, 0.1) is 11.1 Å². The molecule has 1 nitrogen and oxygen atoms in total. The number of rotatable bonds is 8. The van der Waals surface area contributed by atoms with Crippen LogP contribution in [-0.2, 0) is 5.41 Å². The third-order valence-corrected chi connectivity index (χ3v) is 17.1. The molecule has 1 spiro atoms. The van der Waals surface area contributed by atoms with Crippen LogP contribution in [0.5, 0.6) is 0 Å². The van der Waals surface area contributed by atoms with Crippen molar-refractivity contribution in [1.29, 1.82) is 0 Å². The zero-order chi connectivity index (χ0) is 46.9. The molecule has 3 heteroatoms. The van der Waals surface area contributed by atoms with Gasteiger partial charge < -0.3 is 4.90 Å². The molecule has 0 radical (unpaired) electrons. The van der Waals surface area contributed by atoms with Crippen LogP contribution in [-0.4, -0.2) is 0 Å². The number of fused-ring (bicyclic) bond motifs is 12. The largest absolute Gasteiger partial charge is 0.310 e. The second kappa shape index (κ2) is 17.0. The Morgan fingerprint density at radius 2 is 0.845 bits per heavy atom. The molecule has 1 aliphatic carbocycles. The van der Waals surface area contributed by atoms with Gasteiger partial charge in [-0.3, -0.25) is 0 Å². The summed E-state index contributed by atoms with van der Waals surface area (Å²) in [5.41, 5.74) is 19.7. The summed E-state index contributed by atoms with van der Waals surface area (Å²) in [7, 11) is 0. The van der Waals surface area contributed by atoms with Gasteiger partial charge in [0, 0.05) is 47.3 Å². The van der Waals surface area contributed by atoms with Crippen molar-refractivity contribution in [3.8, 4) is 33.4 Å². The lowest BCUT2D eigenvalue weighted by molar-refractivity contribution is 0.719. The van der Waals surface area contributed by atoms with Gasteiger partial charge in [-0.1, -0.05) is 224 Å². The summed E-state index contributed by atoms with van der Waals surface area (Å²) < 4.78 is 2.55. The SMILES string of the molecule is c1ccc(-c2ccc(N(c3ccc(-c4ccccc4)cc3)c3cccc4sc5cc(C(c6ccccc6)c6ccc7c(c6)C6(c8ccccc8S7)c7ccccc7-c7ccccc76)ccc5c34)cc2)cc1. The number of anilines is 3. The maximum Gasteiger partial charge on any atom is 0.0735 e. The van der Waals surface area contributed by atoms with E-state index >= 15 is 0 Å². The number of thiophene rings is 1. The fraction of sp³-hybridized carbons (Fsp3) is 0.0294. The molecule has 0 fully saturated rings. The molecule has 14 rings (SSSR count). The summed E-state index contributed by atoms with van der Waals surface area (Å²) in [5, 5.41) is 2.53. The Labute approximate surface area is 423 Å². The van der Waals surface area contributed by atoms with E-state index in [0.29, 0.717) is 0 Å². The molecule has 0 N–H and O–H groups in total. The fourth-order valence-electron chi connectivity index (χ4n) is 11.8. The number of benzene rings is 11. The number of hydrogen-bond donors (Lipinski definition) is 0. The minimum absolute atomic E-state index is 0.00412. The van der Waals surface area contributed by atoms with Gasteiger partial charge in [-0.25, -0.2) is 0 Å². The van der Waals surface area contributed by atoms with Crippen molar-refractivity contribution < 1.29 is 0 Å². The topological polar surface area (TPSA) is 3.24 Å². The van der Waals surface area contributed by atoms with Crippen LogP contribution in [0.1, 0.15) is 44.9 Å². The summed E-state index contributed by atoms with van der Waals surface area (Å²) >= 11 is 3.80. The third kappa shape index (κ3) is 6.76. The lowest BCUT2D eigenvalue weighted by atomic mass is 9.66. The highest BCUT2D eigenvalue weighted by atomic mass is 32.2. The van der Waals surface area contributed by atoms with Gasteiger partial charge in [-0.2, -0.15) is 0 Å². The van der Waals surface area contributed by atoms with Gasteiger partial charge in [0.1, 0.15) is 0 Å². The summed E-state index contributed by atoms with van der Waals surface area (Å²) in [4.78, 5) is 5.07. The summed E-state index contributed by atoms with van der Waals surface area (Å²) in [6.07, 6.45) is 0. The van der Waals surface area contributed by atoms with Crippen molar-refractivity contribution in [2.75, 3.05) is 4.90 Å². The Hall–Kier alpha value is -8.21. The van der Waals surface area contributed by atoms with Crippen molar-refractivity contribution in [3.05, 3.63) is 306 Å². The first-order chi connectivity index (χ1) is 35.2. The molecule has 334 valence electrons. The molecule has 1 atom stereocenters. The molecule has 12 aromatic rings. The van der Waals surface area contributed by atoms with Crippen LogP contribution in [0.2, 0.25) is 0 Å². The number of hydrogen-bond acceptors (Lipinski definition) is 3. The first-order valence-electron chi connectivity index (χ1n) is 24.4. The minimum Gasteiger partial charge on any atom is -0.310 e. The molecule has 1 aliphatic heterocycles. The predicted octanol–water partition coefficient (Wildman–Crippen LogP) is 18.9. The van der Waals surface area contributed by atoms with E-state index in [1.165, 1.54) is 102 Å². The molecular formula is C68H45NS2. The molecule has 0 saturated heterocycles. The zero-order valence-electron chi connectivity index (χ0n) is 38.7. The Balaban J connectivity index is 0.926. The average molecular weight is 940 g/mol. The van der Waals surface area contributed by atoms with Crippen molar-refractivity contribution in [3.63, 3.8) is 0 Å². The quantitative estimate of drug-likeness (QED) is 0.140. The Morgan fingerprint density at radius 1 is 0.338 bits per heavy atom. The molecule has 2 aliphatic rings. The highest BCUT2D eigenvalue weighted by molar-refractivity contribution is 7.99. The molecule has 0 amide bonds. The van der Waals surface area contributed by atoms with E-state index in [2.05, 4.69) is 272 Å². The van der Waals surface area contributed by atoms with Crippen LogP contribution < -0.4 is 4.90 Å². The van der Waals surface area contributed by atoms with E-state index in [1.807, 2.05) is 23.1 Å². The molecule has 1 aromatic heterocycles. The number of nitrogens with zero attached hydrogens (tertiary/aromatic N) is 1. The van der Waals surface area contributed by atoms with E-state index in [9.17, 15) is 0 Å². The van der Waals surface area contributed by atoms with E-state index < -0.39 is 5.41 Å². The molecule has 11 aromatic carbocycles. The predicted molar refractivity (Wildman–Crippen MR) is 300 cm³/mol. The molecule has 1 unspecified atom stereocenters. The second-order valence-corrected chi connectivity index (χ2v) is 20.9. The average Bonchev–Trinajstić information content (AvgIpc) is 3.96. The third-order valence-electron chi connectivity index (χ3n) is 14.9. The van der Waals surface area contributed by atoms with Crippen LogP contribution in [0, 0.1) is 0 Å². The van der Waals surface area contributed by atoms with Gasteiger partial charge in [-0.15, -0.1) is 11.3 Å². The van der Waals surface area contributed by atoms with Gasteiger partial charge in [0.2, 0.25) is 0 Å². The van der Waals surface area contributed by atoms with E-state index in [4.69, 9.17) is 0 Å². The summed E-state index contributed by atoms with van der Waals surface area (Å²) in [6.45, 7) is 0. The second-order valence-electron chi connectivity index (χ2n) is 18.7. The van der Waals surface area contributed by atoms with Gasteiger partial charge >= 0.3 is 0 Å². The highest BCUT2D eigenvalue weighted by Crippen LogP contribution is 2.62. The maximum absolute atomic E-state index is 2.56. The van der Waals surface area contributed by atoms with Crippen LogP contribution in [0.15, 0.2) is 277 Å². The standard InChI is InChI=1S/C68H45NS2/c1-4-17-45(18-5-1)47-31-37-52(38-32-47)69(53-39-33-48(34-40-53)46-19-6-2-7-20-46)61-28-16-30-64-67(61)56-41-35-51(44-65(56)71-64)66(49-21-8-3-9-22-49)50-36-42-63-60(43-50)68(59-27-14-15-29-62(59)70-63)57-25-12-10-23-54(57)55-24-11-13-26-58(55)68/h1-44,66H. The van der Waals surface area contributed by atoms with Gasteiger partial charge in [-0.05, 0) is 127 Å². The summed E-state index contributed by atoms with van der Waals surface area (Å²) in [6, 6.07) is 99.3. The smallest absolute Gasteiger partial charge is 0.0735 e. The van der Waals surface area contributed by atoms with Crippen LogP contribution in [0.3, 0.4) is 0 Å². The minimum atomic E-state index is -0.441. The first-order valence-corrected chi connectivity index (χ1v) is 26.1. The van der Waals surface area contributed by atoms with Crippen LogP contribution >= 0.6 is 23.1 Å². The molecule has 71 heavy (non-hydrogen) atoms. The fourth-order valence-corrected chi connectivity index (χ4v) is 14.1. The first kappa shape index (κ1) is 41.7. The van der Waals surface area contributed by atoms with Gasteiger partial charge in [0.15, 0.2) is 0 Å². The van der Waals surface area contributed by atoms with Crippen LogP contribution in [0.4, 0.5) is 17.1 Å². The molecular weight excluding hydrogens is 895 g/mol. The zero-order valence-corrected chi connectivity index (χ0v) is 40.4. The van der Waals surface area contributed by atoms with Crippen molar-refractivity contribution >= 4 is 60.3 Å². The molecule has 0 bridgehead atoms. The maximum atomic E-state index is 2.56. The van der Waals surface area contributed by atoms with Crippen molar-refractivity contribution in [2.24, 2.45) is 0 Å². The summed E-state index contributed by atoms with van der Waals surface area (Å²) in [5.74, 6) is 0.00412. The van der Waals surface area contributed by atoms with Crippen molar-refractivity contribution in [1.82, 2.24) is 0 Å². The van der Waals surface area contributed by atoms with Gasteiger partial charge in [0.25, 0.3) is 0 Å². The highest BCUT2D eigenvalue weighted by Gasteiger charge is 2.50. The van der Waals surface area contributed by atoms with Crippen LogP contribution in [0.25, 0.3) is 53.6 Å². The molecule has 2 heterocycles. The van der Waals surface area contributed by atoms with E-state index in [1.54, 1.807) is 0 Å². The molecule has 0 saturated carbocycles. The van der Waals surface area contributed by atoms with E-state index in [-0.39, 0.29) is 5.92 Å². The Morgan fingerprint density at radius 3 is 1.48 bits per heavy atom. The lowest BCUT2D eigenvalue weighted by Crippen LogP contribution is -2.32. The van der Waals surface area contributed by atoms with E-state index in [0.717, 1.165) is 17.1 Å². The normalized spacial score (nSPS) is 13.4. The van der Waals surface area contributed by atoms with Crippen molar-refractivity contribution in [2.45, 2.75) is 21.1 Å². The Bertz CT molecular complexity index is 3820. The monoisotopic (exact) mass is 939 g/mol. The Kier molecular flexibility index (Phi) is 10.0. The lowest BCUT2D eigenvalue weighted by Gasteiger charge is -2.40.